The Morgan fingerprint density at radius 3 is 2.60 bits per heavy atom. The monoisotopic (exact) mass is 405 g/mol. The first-order chi connectivity index (χ1) is 11.8. The summed E-state index contributed by atoms with van der Waals surface area (Å²) in [6.07, 6.45) is -4.42. The number of benzene rings is 2. The van der Waals surface area contributed by atoms with Gasteiger partial charge in [0.25, 0.3) is 5.91 Å². The molecule has 1 heterocycles. The maximum Gasteiger partial charge on any atom is 0.416 e. The van der Waals surface area contributed by atoms with Gasteiger partial charge in [-0.1, -0.05) is 35.3 Å². The third kappa shape index (κ3) is 3.91. The molecule has 25 heavy (non-hydrogen) atoms. The lowest BCUT2D eigenvalue weighted by atomic mass is 10.1. The van der Waals surface area contributed by atoms with E-state index in [1.807, 2.05) is 0 Å². The second kappa shape index (κ2) is 7.09. The van der Waals surface area contributed by atoms with E-state index >= 15 is 0 Å². The van der Waals surface area contributed by atoms with E-state index in [1.165, 1.54) is 34.9 Å². The first kappa shape index (κ1) is 18.4. The van der Waals surface area contributed by atoms with Crippen LogP contribution in [0.5, 0.6) is 0 Å². The molecule has 0 spiro atoms. The Morgan fingerprint density at radius 2 is 1.92 bits per heavy atom. The second-order valence-electron chi connectivity index (χ2n) is 5.47. The van der Waals surface area contributed by atoms with Gasteiger partial charge in [0.2, 0.25) is 0 Å². The molecule has 3 rings (SSSR count). The molecule has 0 radical (unpaired) electrons. The molecule has 1 atom stereocenters. The molecular weight excluding hydrogens is 394 g/mol. The van der Waals surface area contributed by atoms with Crippen LogP contribution in [0, 0.1) is 0 Å². The van der Waals surface area contributed by atoms with Crippen molar-refractivity contribution in [2.45, 2.75) is 11.6 Å². The van der Waals surface area contributed by atoms with Crippen LogP contribution in [-0.4, -0.2) is 23.1 Å². The van der Waals surface area contributed by atoms with Crippen molar-refractivity contribution in [1.29, 1.82) is 0 Å². The predicted molar refractivity (Wildman–Crippen MR) is 94.1 cm³/mol. The summed E-state index contributed by atoms with van der Waals surface area (Å²) in [5.74, 6) is 0.312. The summed E-state index contributed by atoms with van der Waals surface area (Å²) in [7, 11) is 0. The standard InChI is InChI=1S/C17H12Cl2F3NOS/c18-12-4-5-13(14(19)9-12)15(24)23-6-7-25-16(23)10-2-1-3-11(8-10)17(20,21)22/h1-5,8-9,16H,6-7H2/t16-/m1/s1. The van der Waals surface area contributed by atoms with E-state index in [2.05, 4.69) is 0 Å². The Kier molecular flexibility index (Phi) is 5.23. The zero-order valence-corrected chi connectivity index (χ0v) is 15.0. The highest BCUT2D eigenvalue weighted by molar-refractivity contribution is 7.99. The van der Waals surface area contributed by atoms with Crippen LogP contribution in [0.2, 0.25) is 10.0 Å². The van der Waals surface area contributed by atoms with Gasteiger partial charge < -0.3 is 4.90 Å². The van der Waals surface area contributed by atoms with Crippen molar-refractivity contribution in [1.82, 2.24) is 4.90 Å². The number of amides is 1. The molecule has 2 aromatic rings. The molecule has 1 fully saturated rings. The van der Waals surface area contributed by atoms with Gasteiger partial charge in [0, 0.05) is 17.3 Å². The van der Waals surface area contributed by atoms with E-state index in [-0.39, 0.29) is 16.5 Å². The van der Waals surface area contributed by atoms with Crippen LogP contribution in [0.25, 0.3) is 0 Å². The molecule has 2 aromatic carbocycles. The van der Waals surface area contributed by atoms with Crippen LogP contribution in [0.4, 0.5) is 13.2 Å². The van der Waals surface area contributed by atoms with Crippen molar-refractivity contribution in [3.63, 3.8) is 0 Å². The highest BCUT2D eigenvalue weighted by Gasteiger charge is 2.35. The van der Waals surface area contributed by atoms with Gasteiger partial charge in [-0.05, 0) is 35.9 Å². The molecule has 2 nitrogen and oxygen atoms in total. The Labute approximate surface area is 156 Å². The van der Waals surface area contributed by atoms with Crippen LogP contribution >= 0.6 is 35.0 Å². The van der Waals surface area contributed by atoms with Gasteiger partial charge in [-0.2, -0.15) is 13.2 Å². The molecule has 0 bridgehead atoms. The minimum Gasteiger partial charge on any atom is -0.322 e. The summed E-state index contributed by atoms with van der Waals surface area (Å²) in [5, 5.41) is 0.144. The van der Waals surface area contributed by atoms with Crippen molar-refractivity contribution < 1.29 is 18.0 Å². The molecule has 8 heteroatoms. The van der Waals surface area contributed by atoms with Crippen LogP contribution in [0.3, 0.4) is 0 Å². The summed E-state index contributed by atoms with van der Waals surface area (Å²) >= 11 is 13.4. The first-order valence-electron chi connectivity index (χ1n) is 7.32. The van der Waals surface area contributed by atoms with Gasteiger partial charge in [0.1, 0.15) is 5.37 Å². The number of alkyl halides is 3. The van der Waals surface area contributed by atoms with Crippen LogP contribution in [0.15, 0.2) is 42.5 Å². The molecule has 1 amide bonds. The van der Waals surface area contributed by atoms with E-state index in [0.29, 0.717) is 22.9 Å². The smallest absolute Gasteiger partial charge is 0.322 e. The number of hydrogen-bond acceptors (Lipinski definition) is 2. The highest BCUT2D eigenvalue weighted by Crippen LogP contribution is 2.41. The summed E-state index contributed by atoms with van der Waals surface area (Å²) in [5.41, 5.74) is -0.00396. The van der Waals surface area contributed by atoms with Crippen LogP contribution < -0.4 is 0 Å². The topological polar surface area (TPSA) is 20.3 Å². The number of halogens is 5. The Hall–Kier alpha value is -1.37. The lowest BCUT2D eigenvalue weighted by molar-refractivity contribution is -0.137. The maximum absolute atomic E-state index is 12.9. The Morgan fingerprint density at radius 1 is 1.16 bits per heavy atom. The summed E-state index contributed by atoms with van der Waals surface area (Å²) in [6.45, 7) is 0.434. The molecule has 0 unspecified atom stereocenters. The fraction of sp³-hybridized carbons (Fsp3) is 0.235. The first-order valence-corrected chi connectivity index (χ1v) is 9.12. The minimum absolute atomic E-state index is 0.220. The summed E-state index contributed by atoms with van der Waals surface area (Å²) in [6, 6.07) is 9.62. The fourth-order valence-electron chi connectivity index (χ4n) is 2.64. The Bertz CT molecular complexity index is 813. The number of carbonyl (C=O) groups is 1. The molecule has 0 saturated carbocycles. The van der Waals surface area contributed by atoms with Crippen LogP contribution in [0.1, 0.15) is 26.9 Å². The van der Waals surface area contributed by atoms with E-state index in [0.717, 1.165) is 12.1 Å². The molecule has 0 N–H and O–H groups in total. The third-order valence-electron chi connectivity index (χ3n) is 3.81. The van der Waals surface area contributed by atoms with E-state index in [9.17, 15) is 18.0 Å². The lowest BCUT2D eigenvalue weighted by Crippen LogP contribution is -2.30. The number of nitrogens with zero attached hydrogens (tertiary/aromatic N) is 1. The van der Waals surface area contributed by atoms with Crippen LogP contribution in [-0.2, 0) is 6.18 Å². The van der Waals surface area contributed by atoms with Gasteiger partial charge in [-0.15, -0.1) is 11.8 Å². The number of thioether (sulfide) groups is 1. The highest BCUT2D eigenvalue weighted by atomic mass is 35.5. The van der Waals surface area contributed by atoms with E-state index in [1.54, 1.807) is 12.1 Å². The SMILES string of the molecule is O=C(c1ccc(Cl)cc1Cl)N1CCS[C@@H]1c1cccc(C(F)(F)F)c1. The molecule has 1 aliphatic heterocycles. The zero-order chi connectivity index (χ0) is 18.2. The minimum atomic E-state index is -4.42. The van der Waals surface area contributed by atoms with Gasteiger partial charge in [0.15, 0.2) is 0 Å². The molecular formula is C17H12Cl2F3NOS. The molecule has 1 saturated heterocycles. The van der Waals surface area contributed by atoms with Crippen molar-refractivity contribution in [3.8, 4) is 0 Å². The second-order valence-corrected chi connectivity index (χ2v) is 7.50. The van der Waals surface area contributed by atoms with Gasteiger partial charge >= 0.3 is 6.18 Å². The number of carbonyl (C=O) groups excluding carboxylic acids is 1. The Balaban J connectivity index is 1.92. The van der Waals surface area contributed by atoms with Gasteiger partial charge in [-0.3, -0.25) is 4.79 Å². The van der Waals surface area contributed by atoms with Crippen molar-refractivity contribution in [2.24, 2.45) is 0 Å². The number of hydrogen-bond donors (Lipinski definition) is 0. The van der Waals surface area contributed by atoms with E-state index < -0.39 is 17.1 Å². The average Bonchev–Trinajstić information content (AvgIpc) is 3.03. The van der Waals surface area contributed by atoms with Crippen molar-refractivity contribution >= 4 is 40.9 Å². The lowest BCUT2D eigenvalue weighted by Gasteiger charge is -2.25. The summed E-state index contributed by atoms with van der Waals surface area (Å²) < 4.78 is 38.8. The number of rotatable bonds is 2. The van der Waals surface area contributed by atoms with Crippen molar-refractivity contribution in [2.75, 3.05) is 12.3 Å². The van der Waals surface area contributed by atoms with Crippen molar-refractivity contribution in [3.05, 3.63) is 69.2 Å². The summed E-state index contributed by atoms with van der Waals surface area (Å²) in [4.78, 5) is 14.3. The largest absolute Gasteiger partial charge is 0.416 e. The predicted octanol–water partition coefficient (Wildman–Crippen LogP) is 5.90. The maximum atomic E-state index is 12.9. The quantitative estimate of drug-likeness (QED) is 0.619. The fourth-order valence-corrected chi connectivity index (χ4v) is 4.38. The molecule has 1 aliphatic rings. The van der Waals surface area contributed by atoms with E-state index in [4.69, 9.17) is 23.2 Å². The molecule has 132 valence electrons. The average molecular weight is 406 g/mol. The van der Waals surface area contributed by atoms with Gasteiger partial charge in [0.05, 0.1) is 16.1 Å². The molecule has 0 aromatic heterocycles. The normalized spacial score (nSPS) is 17.8. The molecule has 0 aliphatic carbocycles. The van der Waals surface area contributed by atoms with Gasteiger partial charge in [-0.25, -0.2) is 0 Å². The third-order valence-corrected chi connectivity index (χ3v) is 5.62. The zero-order valence-electron chi connectivity index (χ0n) is 12.7.